The second-order valence-corrected chi connectivity index (χ2v) is 6.19. The Morgan fingerprint density at radius 1 is 1.18 bits per heavy atom. The number of aliphatic hydroxyl groups is 1. The van der Waals surface area contributed by atoms with E-state index < -0.39 is 6.10 Å². The van der Waals surface area contributed by atoms with E-state index in [1.807, 2.05) is 6.92 Å². The maximum Gasteiger partial charge on any atom is 0.0897 e. The van der Waals surface area contributed by atoms with Crippen molar-refractivity contribution in [2.24, 2.45) is 0 Å². The third-order valence-electron chi connectivity index (χ3n) is 4.10. The summed E-state index contributed by atoms with van der Waals surface area (Å²) >= 11 is 0. The van der Waals surface area contributed by atoms with Gasteiger partial charge in [0.15, 0.2) is 0 Å². The largest absolute Gasteiger partial charge is 0.389 e. The van der Waals surface area contributed by atoms with Gasteiger partial charge in [0, 0.05) is 20.2 Å². The third-order valence-corrected chi connectivity index (χ3v) is 4.10. The topological polar surface area (TPSA) is 50.7 Å². The molecule has 0 saturated heterocycles. The minimum Gasteiger partial charge on any atom is -0.389 e. The Morgan fingerprint density at radius 2 is 1.95 bits per heavy atom. The fourth-order valence-electron chi connectivity index (χ4n) is 2.90. The summed E-state index contributed by atoms with van der Waals surface area (Å²) in [6.45, 7) is 4.16. The molecule has 0 fully saturated rings. The van der Waals surface area contributed by atoms with Crippen molar-refractivity contribution in [3.63, 3.8) is 0 Å². The molecule has 0 saturated carbocycles. The highest BCUT2D eigenvalue weighted by Gasteiger charge is 2.10. The Balaban J connectivity index is 1.67. The summed E-state index contributed by atoms with van der Waals surface area (Å²) < 4.78 is 10.5. The Bertz CT molecular complexity index is 450. The van der Waals surface area contributed by atoms with Gasteiger partial charge in [0.25, 0.3) is 0 Å². The minimum absolute atomic E-state index is 0.0142. The summed E-state index contributed by atoms with van der Waals surface area (Å²) in [6.07, 6.45) is 4.57. The molecule has 124 valence electrons. The Hall–Kier alpha value is -0.940. The first-order valence-corrected chi connectivity index (χ1v) is 8.29. The van der Waals surface area contributed by atoms with Crippen LogP contribution in [0.25, 0.3) is 0 Å². The predicted octanol–water partition coefficient (Wildman–Crippen LogP) is 2.07. The summed E-state index contributed by atoms with van der Waals surface area (Å²) in [5, 5.41) is 13.2. The zero-order valence-electron chi connectivity index (χ0n) is 13.8. The van der Waals surface area contributed by atoms with Crippen LogP contribution in [-0.4, -0.2) is 44.2 Å². The van der Waals surface area contributed by atoms with E-state index in [-0.39, 0.29) is 6.10 Å². The van der Waals surface area contributed by atoms with E-state index in [1.54, 1.807) is 7.11 Å². The van der Waals surface area contributed by atoms with Gasteiger partial charge in [0.2, 0.25) is 0 Å². The van der Waals surface area contributed by atoms with Crippen molar-refractivity contribution in [1.82, 2.24) is 5.32 Å². The van der Waals surface area contributed by atoms with E-state index in [0.717, 1.165) is 6.54 Å². The molecule has 4 nitrogen and oxygen atoms in total. The van der Waals surface area contributed by atoms with Crippen LogP contribution in [0.15, 0.2) is 18.2 Å². The maximum atomic E-state index is 9.91. The number of aryl methyl sites for hydroxylation is 2. The molecule has 1 aliphatic rings. The highest BCUT2D eigenvalue weighted by Crippen LogP contribution is 2.22. The molecule has 2 rings (SSSR count). The van der Waals surface area contributed by atoms with Gasteiger partial charge in [-0.2, -0.15) is 0 Å². The van der Waals surface area contributed by atoms with Gasteiger partial charge in [-0.3, -0.25) is 0 Å². The van der Waals surface area contributed by atoms with Gasteiger partial charge in [-0.1, -0.05) is 18.2 Å². The molecule has 0 bridgehead atoms. The first-order chi connectivity index (χ1) is 10.7. The van der Waals surface area contributed by atoms with Crippen LogP contribution in [0.5, 0.6) is 0 Å². The quantitative estimate of drug-likeness (QED) is 0.733. The number of ether oxygens (including phenoxy) is 2. The van der Waals surface area contributed by atoms with Crippen molar-refractivity contribution < 1.29 is 14.6 Å². The molecular weight excluding hydrogens is 278 g/mol. The average molecular weight is 307 g/mol. The SMILES string of the molecule is COCC(C)OCC(O)CNCc1ccc2c(c1)CCCC2. The molecule has 1 aromatic carbocycles. The highest BCUT2D eigenvalue weighted by atomic mass is 16.5. The molecule has 2 unspecified atom stereocenters. The molecular formula is C18H29NO3. The number of hydrogen-bond acceptors (Lipinski definition) is 4. The van der Waals surface area contributed by atoms with E-state index in [2.05, 4.69) is 23.5 Å². The summed E-state index contributed by atoms with van der Waals surface area (Å²) in [5.74, 6) is 0. The zero-order chi connectivity index (χ0) is 15.8. The van der Waals surface area contributed by atoms with Crippen LogP contribution in [-0.2, 0) is 28.9 Å². The van der Waals surface area contributed by atoms with Gasteiger partial charge in [-0.25, -0.2) is 0 Å². The fourth-order valence-corrected chi connectivity index (χ4v) is 2.90. The smallest absolute Gasteiger partial charge is 0.0897 e. The third kappa shape index (κ3) is 5.69. The van der Waals surface area contributed by atoms with Gasteiger partial charge in [-0.15, -0.1) is 0 Å². The van der Waals surface area contributed by atoms with Crippen molar-refractivity contribution in [3.05, 3.63) is 34.9 Å². The van der Waals surface area contributed by atoms with Gasteiger partial charge in [0.05, 0.1) is 25.4 Å². The molecule has 0 spiro atoms. The van der Waals surface area contributed by atoms with E-state index in [9.17, 15) is 5.11 Å². The lowest BCUT2D eigenvalue weighted by Crippen LogP contribution is -2.32. The van der Waals surface area contributed by atoms with Crippen LogP contribution in [0.2, 0.25) is 0 Å². The van der Waals surface area contributed by atoms with Gasteiger partial charge < -0.3 is 19.9 Å². The van der Waals surface area contributed by atoms with Gasteiger partial charge in [-0.05, 0) is 49.3 Å². The first kappa shape index (κ1) is 17.4. The van der Waals surface area contributed by atoms with Gasteiger partial charge >= 0.3 is 0 Å². The molecule has 4 heteroatoms. The molecule has 1 aromatic rings. The Labute approximate surface area is 133 Å². The predicted molar refractivity (Wildman–Crippen MR) is 88.1 cm³/mol. The molecule has 0 amide bonds. The van der Waals surface area contributed by atoms with Crippen molar-refractivity contribution in [2.45, 2.75) is 51.4 Å². The van der Waals surface area contributed by atoms with Crippen molar-refractivity contribution in [1.29, 1.82) is 0 Å². The molecule has 2 atom stereocenters. The summed E-state index contributed by atoms with van der Waals surface area (Å²) in [5.41, 5.74) is 4.31. The lowest BCUT2D eigenvalue weighted by atomic mass is 9.90. The van der Waals surface area contributed by atoms with Crippen LogP contribution in [0.4, 0.5) is 0 Å². The second kappa shape index (κ2) is 9.26. The maximum absolute atomic E-state index is 9.91. The Kier molecular flexibility index (Phi) is 7.33. The van der Waals surface area contributed by atoms with E-state index >= 15 is 0 Å². The van der Waals surface area contributed by atoms with E-state index in [1.165, 1.54) is 42.4 Å². The number of aliphatic hydroxyl groups excluding tert-OH is 1. The zero-order valence-corrected chi connectivity index (χ0v) is 13.8. The average Bonchev–Trinajstić information content (AvgIpc) is 2.53. The van der Waals surface area contributed by atoms with Gasteiger partial charge in [0.1, 0.15) is 0 Å². The number of nitrogens with one attached hydrogen (secondary N) is 1. The fraction of sp³-hybridized carbons (Fsp3) is 0.667. The molecule has 1 aliphatic carbocycles. The standard InChI is InChI=1S/C18H29NO3/c1-14(12-21-2)22-13-18(20)11-19-10-15-7-8-16-5-3-4-6-17(16)9-15/h7-9,14,18-20H,3-6,10-13H2,1-2H3. The molecule has 0 heterocycles. The van der Waals surface area contributed by atoms with Crippen LogP contribution >= 0.6 is 0 Å². The summed E-state index contributed by atoms with van der Waals surface area (Å²) in [6, 6.07) is 6.77. The number of benzene rings is 1. The van der Waals surface area contributed by atoms with Crippen molar-refractivity contribution in [2.75, 3.05) is 26.9 Å². The molecule has 0 aliphatic heterocycles. The second-order valence-electron chi connectivity index (χ2n) is 6.19. The molecule has 0 radical (unpaired) electrons. The minimum atomic E-state index is -0.489. The highest BCUT2D eigenvalue weighted by molar-refractivity contribution is 5.33. The monoisotopic (exact) mass is 307 g/mol. The first-order valence-electron chi connectivity index (χ1n) is 8.29. The van der Waals surface area contributed by atoms with Crippen molar-refractivity contribution >= 4 is 0 Å². The number of rotatable bonds is 9. The van der Waals surface area contributed by atoms with E-state index in [0.29, 0.717) is 19.8 Å². The normalized spacial score (nSPS) is 17.0. The number of methoxy groups -OCH3 is 1. The molecule has 22 heavy (non-hydrogen) atoms. The van der Waals surface area contributed by atoms with E-state index in [4.69, 9.17) is 9.47 Å². The van der Waals surface area contributed by atoms with Crippen LogP contribution in [0.3, 0.4) is 0 Å². The molecule has 2 N–H and O–H groups in total. The van der Waals surface area contributed by atoms with Crippen LogP contribution < -0.4 is 5.32 Å². The lowest BCUT2D eigenvalue weighted by molar-refractivity contribution is -0.0311. The lowest BCUT2D eigenvalue weighted by Gasteiger charge is -2.18. The van der Waals surface area contributed by atoms with Crippen LogP contribution in [0, 0.1) is 0 Å². The Morgan fingerprint density at radius 3 is 2.73 bits per heavy atom. The van der Waals surface area contributed by atoms with Crippen LogP contribution in [0.1, 0.15) is 36.5 Å². The number of hydrogen-bond donors (Lipinski definition) is 2. The summed E-state index contributed by atoms with van der Waals surface area (Å²) in [7, 11) is 1.65. The number of fused-ring (bicyclic) bond motifs is 1. The molecule has 0 aromatic heterocycles. The van der Waals surface area contributed by atoms with Crippen molar-refractivity contribution in [3.8, 4) is 0 Å². The summed E-state index contributed by atoms with van der Waals surface area (Å²) in [4.78, 5) is 0.